The molecule has 0 saturated heterocycles. The lowest BCUT2D eigenvalue weighted by Crippen LogP contribution is -2.28. The summed E-state index contributed by atoms with van der Waals surface area (Å²) in [4.78, 5) is 24.7. The van der Waals surface area contributed by atoms with Crippen molar-refractivity contribution < 1.29 is 4.79 Å². The van der Waals surface area contributed by atoms with Gasteiger partial charge >= 0.3 is 6.03 Å². The normalized spacial score (nSPS) is 10.2. The van der Waals surface area contributed by atoms with Gasteiger partial charge in [-0.05, 0) is 31.2 Å². The Morgan fingerprint density at radius 2 is 1.96 bits per heavy atom. The fourth-order valence-electron chi connectivity index (χ4n) is 2.14. The van der Waals surface area contributed by atoms with Crippen molar-refractivity contribution in [3.05, 3.63) is 48.2 Å². The number of rotatable bonds is 3. The smallest absolute Gasteiger partial charge is 0.320 e. The summed E-state index contributed by atoms with van der Waals surface area (Å²) in [5, 5.41) is 14.1. The van der Waals surface area contributed by atoms with Crippen LogP contribution in [-0.2, 0) is 0 Å². The second-order valence-corrected chi connectivity index (χ2v) is 4.97. The number of aromatic nitrogens is 3. The summed E-state index contributed by atoms with van der Waals surface area (Å²) in [5.41, 5.74) is 3.14. The standard InChI is InChI=1S/C17H14N6O/c1-2-19-17(24)23-15-8-7-13-16(22-15)21-14(10-20-13)12-5-3-11(9-18)4-6-12/h3-8,10H,2H2,1H3,(H2,19,21,22,23,24). The molecule has 0 radical (unpaired) electrons. The predicted octanol–water partition coefficient (Wildman–Crippen LogP) is 2.70. The van der Waals surface area contributed by atoms with Gasteiger partial charge < -0.3 is 5.32 Å². The highest BCUT2D eigenvalue weighted by Gasteiger charge is 2.07. The molecule has 118 valence electrons. The van der Waals surface area contributed by atoms with E-state index in [1.54, 1.807) is 30.5 Å². The minimum Gasteiger partial charge on any atom is -0.338 e. The van der Waals surface area contributed by atoms with Crippen LogP contribution in [0.4, 0.5) is 10.6 Å². The molecule has 3 rings (SSSR count). The zero-order valence-electron chi connectivity index (χ0n) is 12.9. The van der Waals surface area contributed by atoms with Gasteiger partial charge in [-0.1, -0.05) is 12.1 Å². The molecule has 3 aromatic rings. The topological polar surface area (TPSA) is 104 Å². The van der Waals surface area contributed by atoms with E-state index in [1.165, 1.54) is 0 Å². The molecule has 7 nitrogen and oxygen atoms in total. The van der Waals surface area contributed by atoms with Crippen LogP contribution in [0, 0.1) is 11.3 Å². The van der Waals surface area contributed by atoms with Crippen molar-refractivity contribution in [2.24, 2.45) is 0 Å². The average Bonchev–Trinajstić information content (AvgIpc) is 2.61. The Morgan fingerprint density at radius 1 is 1.17 bits per heavy atom. The largest absolute Gasteiger partial charge is 0.338 e. The monoisotopic (exact) mass is 318 g/mol. The molecule has 2 amide bonds. The highest BCUT2D eigenvalue weighted by molar-refractivity contribution is 5.89. The Hall–Kier alpha value is -3.53. The van der Waals surface area contributed by atoms with Gasteiger partial charge in [0, 0.05) is 12.1 Å². The third kappa shape index (κ3) is 3.28. The highest BCUT2D eigenvalue weighted by Crippen LogP contribution is 2.19. The lowest BCUT2D eigenvalue weighted by atomic mass is 10.1. The lowest BCUT2D eigenvalue weighted by molar-refractivity contribution is 0.252. The van der Waals surface area contributed by atoms with Crippen molar-refractivity contribution in [3.8, 4) is 17.3 Å². The first-order valence-corrected chi connectivity index (χ1v) is 7.39. The Morgan fingerprint density at radius 3 is 2.67 bits per heavy atom. The van der Waals surface area contributed by atoms with Crippen molar-refractivity contribution in [2.45, 2.75) is 6.92 Å². The van der Waals surface area contributed by atoms with Crippen LogP contribution >= 0.6 is 0 Å². The van der Waals surface area contributed by atoms with Gasteiger partial charge in [0.15, 0.2) is 5.65 Å². The maximum atomic E-state index is 11.6. The van der Waals surface area contributed by atoms with E-state index in [-0.39, 0.29) is 6.03 Å². The summed E-state index contributed by atoms with van der Waals surface area (Å²) in [6.07, 6.45) is 1.66. The number of amides is 2. The number of fused-ring (bicyclic) bond motifs is 1. The minimum absolute atomic E-state index is 0.319. The van der Waals surface area contributed by atoms with Gasteiger partial charge in [0.1, 0.15) is 11.3 Å². The number of nitriles is 1. The first kappa shape index (κ1) is 15.4. The van der Waals surface area contributed by atoms with Gasteiger partial charge in [-0.2, -0.15) is 5.26 Å². The molecular weight excluding hydrogens is 304 g/mol. The molecule has 1 aromatic carbocycles. The number of hydrogen-bond acceptors (Lipinski definition) is 5. The summed E-state index contributed by atoms with van der Waals surface area (Å²) < 4.78 is 0. The van der Waals surface area contributed by atoms with Crippen molar-refractivity contribution in [3.63, 3.8) is 0 Å². The number of carbonyl (C=O) groups is 1. The number of nitrogens with zero attached hydrogens (tertiary/aromatic N) is 4. The zero-order chi connectivity index (χ0) is 16.9. The van der Waals surface area contributed by atoms with Crippen molar-refractivity contribution in [2.75, 3.05) is 11.9 Å². The van der Waals surface area contributed by atoms with E-state index < -0.39 is 0 Å². The number of anilines is 1. The summed E-state index contributed by atoms with van der Waals surface area (Å²) in [6.45, 7) is 2.37. The van der Waals surface area contributed by atoms with E-state index in [1.807, 2.05) is 19.1 Å². The van der Waals surface area contributed by atoms with E-state index in [0.29, 0.717) is 34.8 Å². The Balaban J connectivity index is 1.93. The second-order valence-electron chi connectivity index (χ2n) is 4.97. The predicted molar refractivity (Wildman–Crippen MR) is 90.2 cm³/mol. The fourth-order valence-corrected chi connectivity index (χ4v) is 2.14. The molecule has 0 unspecified atom stereocenters. The van der Waals surface area contributed by atoms with E-state index in [4.69, 9.17) is 5.26 Å². The van der Waals surface area contributed by atoms with Crippen LogP contribution in [0.2, 0.25) is 0 Å². The highest BCUT2D eigenvalue weighted by atomic mass is 16.2. The van der Waals surface area contributed by atoms with E-state index in [0.717, 1.165) is 5.56 Å². The third-order valence-electron chi connectivity index (χ3n) is 3.30. The quantitative estimate of drug-likeness (QED) is 0.772. The minimum atomic E-state index is -0.319. The molecule has 0 spiro atoms. The fraction of sp³-hybridized carbons (Fsp3) is 0.118. The molecule has 0 aliphatic heterocycles. The summed E-state index contributed by atoms with van der Waals surface area (Å²) in [5.74, 6) is 0.403. The molecule has 0 fully saturated rings. The summed E-state index contributed by atoms with van der Waals surface area (Å²) in [7, 11) is 0. The number of urea groups is 1. The lowest BCUT2D eigenvalue weighted by Gasteiger charge is -2.06. The number of pyridine rings is 1. The van der Waals surface area contributed by atoms with Gasteiger partial charge in [-0.3, -0.25) is 10.3 Å². The van der Waals surface area contributed by atoms with Crippen LogP contribution in [0.5, 0.6) is 0 Å². The molecule has 2 N–H and O–H groups in total. The Bertz CT molecular complexity index is 930. The van der Waals surface area contributed by atoms with Crippen LogP contribution in [0.3, 0.4) is 0 Å². The van der Waals surface area contributed by atoms with Crippen LogP contribution in [-0.4, -0.2) is 27.5 Å². The molecule has 2 aromatic heterocycles. The molecule has 2 heterocycles. The van der Waals surface area contributed by atoms with Crippen LogP contribution < -0.4 is 10.6 Å². The third-order valence-corrected chi connectivity index (χ3v) is 3.30. The van der Waals surface area contributed by atoms with E-state index in [9.17, 15) is 4.79 Å². The van der Waals surface area contributed by atoms with E-state index >= 15 is 0 Å². The summed E-state index contributed by atoms with van der Waals surface area (Å²) in [6, 6.07) is 12.3. The van der Waals surface area contributed by atoms with Gasteiger partial charge in [-0.25, -0.2) is 14.8 Å². The maximum Gasteiger partial charge on any atom is 0.320 e. The van der Waals surface area contributed by atoms with E-state index in [2.05, 4.69) is 31.7 Å². The van der Waals surface area contributed by atoms with Crippen LogP contribution in [0.25, 0.3) is 22.4 Å². The van der Waals surface area contributed by atoms with Crippen LogP contribution in [0.1, 0.15) is 12.5 Å². The molecule has 7 heteroatoms. The SMILES string of the molecule is CCNC(=O)Nc1ccc2ncc(-c3ccc(C#N)cc3)nc2n1. The molecular formula is C17H14N6O. The van der Waals surface area contributed by atoms with Crippen molar-refractivity contribution >= 4 is 23.0 Å². The number of benzene rings is 1. The average molecular weight is 318 g/mol. The molecule has 0 bridgehead atoms. The van der Waals surface area contributed by atoms with Gasteiger partial charge in [0.2, 0.25) is 0 Å². The van der Waals surface area contributed by atoms with Crippen molar-refractivity contribution in [1.82, 2.24) is 20.3 Å². The number of hydrogen-bond donors (Lipinski definition) is 2. The molecule has 0 aliphatic carbocycles. The van der Waals surface area contributed by atoms with Gasteiger partial charge in [-0.15, -0.1) is 0 Å². The summed E-state index contributed by atoms with van der Waals surface area (Å²) >= 11 is 0. The maximum absolute atomic E-state index is 11.6. The molecule has 0 atom stereocenters. The molecule has 0 aliphatic rings. The number of nitrogens with one attached hydrogen (secondary N) is 2. The van der Waals surface area contributed by atoms with Crippen molar-refractivity contribution in [1.29, 1.82) is 5.26 Å². The van der Waals surface area contributed by atoms with Gasteiger partial charge in [0.25, 0.3) is 0 Å². The first-order valence-electron chi connectivity index (χ1n) is 7.39. The molecule has 24 heavy (non-hydrogen) atoms. The van der Waals surface area contributed by atoms with Gasteiger partial charge in [0.05, 0.1) is 23.5 Å². The number of carbonyl (C=O) groups excluding carboxylic acids is 1. The Labute approximate surface area is 138 Å². The van der Waals surface area contributed by atoms with Crippen LogP contribution in [0.15, 0.2) is 42.6 Å². The zero-order valence-corrected chi connectivity index (χ0v) is 12.9. The second kappa shape index (κ2) is 6.71. The Kier molecular flexibility index (Phi) is 4.29. The first-order chi connectivity index (χ1) is 11.7. The molecule has 0 saturated carbocycles.